The predicted octanol–water partition coefficient (Wildman–Crippen LogP) is 4.22. The van der Waals surface area contributed by atoms with Gasteiger partial charge < -0.3 is 4.74 Å². The number of methoxy groups -OCH3 is 1. The molecule has 0 amide bonds. The van der Waals surface area contributed by atoms with Gasteiger partial charge in [-0.05, 0) is 55.4 Å². The van der Waals surface area contributed by atoms with Crippen molar-refractivity contribution in [2.24, 2.45) is 11.8 Å². The average molecular weight is 517 g/mol. The summed E-state index contributed by atoms with van der Waals surface area (Å²) in [4.78, 5) is 38.5. The van der Waals surface area contributed by atoms with Crippen molar-refractivity contribution in [1.82, 2.24) is 9.13 Å². The number of aromatic nitrogens is 2. The molecule has 1 aromatic heterocycles. The first kappa shape index (κ1) is 26.1. The number of carbonyl (C=O) groups excluding carboxylic acids is 1. The van der Waals surface area contributed by atoms with E-state index in [0.29, 0.717) is 25.7 Å². The number of hydrogen-bond donors (Lipinski definition) is 0. The number of nitriles is 1. The van der Waals surface area contributed by atoms with E-state index in [1.54, 1.807) is 6.07 Å². The summed E-state index contributed by atoms with van der Waals surface area (Å²) in [6.45, 7) is -0.509. The lowest BCUT2D eigenvalue weighted by atomic mass is 9.82. The van der Waals surface area contributed by atoms with Gasteiger partial charge in [0.15, 0.2) is 0 Å². The molecule has 2 aromatic carbocycles. The summed E-state index contributed by atoms with van der Waals surface area (Å²) < 4.78 is 61.9. The molecule has 1 heterocycles. The van der Waals surface area contributed by atoms with Gasteiger partial charge in [-0.1, -0.05) is 18.2 Å². The molecule has 0 bridgehead atoms. The minimum atomic E-state index is -4.79. The number of alkyl halides is 3. The van der Waals surface area contributed by atoms with Gasteiger partial charge in [0.1, 0.15) is 11.9 Å². The number of benzene rings is 2. The van der Waals surface area contributed by atoms with Crippen LogP contribution in [0.15, 0.2) is 46.0 Å². The van der Waals surface area contributed by atoms with E-state index in [0.717, 1.165) is 27.3 Å². The Bertz CT molecular complexity index is 1510. The number of esters is 1. The Morgan fingerprint density at radius 2 is 1.76 bits per heavy atom. The van der Waals surface area contributed by atoms with Gasteiger partial charge in [-0.3, -0.25) is 18.7 Å². The molecular weight excluding hydrogens is 494 g/mol. The molecule has 1 saturated carbocycles. The highest BCUT2D eigenvalue weighted by atomic mass is 19.4. The predicted molar refractivity (Wildman–Crippen MR) is 125 cm³/mol. The highest BCUT2D eigenvalue weighted by Gasteiger charge is 2.34. The maximum atomic E-state index is 14.8. The van der Waals surface area contributed by atoms with Crippen molar-refractivity contribution in [2.45, 2.75) is 44.9 Å². The second kappa shape index (κ2) is 10.2. The number of carbonyl (C=O) groups is 1. The van der Waals surface area contributed by atoms with E-state index in [4.69, 9.17) is 4.74 Å². The zero-order valence-corrected chi connectivity index (χ0v) is 19.8. The summed E-state index contributed by atoms with van der Waals surface area (Å²) in [6.07, 6.45) is -2.70. The first-order chi connectivity index (χ1) is 17.6. The second-order valence-electron chi connectivity index (χ2n) is 9.11. The highest BCUT2D eigenvalue weighted by molar-refractivity contribution is 5.78. The molecule has 0 spiro atoms. The van der Waals surface area contributed by atoms with E-state index in [2.05, 4.69) is 0 Å². The van der Waals surface area contributed by atoms with Gasteiger partial charge in [0.25, 0.3) is 5.56 Å². The summed E-state index contributed by atoms with van der Waals surface area (Å²) in [5.41, 5.74) is -3.62. The van der Waals surface area contributed by atoms with Crippen molar-refractivity contribution in [3.05, 3.63) is 79.7 Å². The molecule has 1 fully saturated rings. The zero-order valence-electron chi connectivity index (χ0n) is 19.8. The van der Waals surface area contributed by atoms with Crippen molar-refractivity contribution in [1.29, 1.82) is 5.26 Å². The van der Waals surface area contributed by atoms with E-state index in [9.17, 15) is 37.2 Å². The number of rotatable bonds is 5. The quantitative estimate of drug-likeness (QED) is 0.373. The molecule has 37 heavy (non-hydrogen) atoms. The van der Waals surface area contributed by atoms with Gasteiger partial charge in [-0.2, -0.15) is 18.4 Å². The molecule has 3 aromatic rings. The van der Waals surface area contributed by atoms with Crippen LogP contribution in [0.2, 0.25) is 0 Å². The Morgan fingerprint density at radius 3 is 2.38 bits per heavy atom. The Kier molecular flexibility index (Phi) is 7.21. The summed E-state index contributed by atoms with van der Waals surface area (Å²) in [5, 5.41) is 9.11. The monoisotopic (exact) mass is 517 g/mol. The van der Waals surface area contributed by atoms with Crippen LogP contribution in [0.25, 0.3) is 10.9 Å². The molecule has 11 heteroatoms. The molecule has 0 unspecified atom stereocenters. The van der Waals surface area contributed by atoms with Crippen molar-refractivity contribution in [3.8, 4) is 6.07 Å². The zero-order chi connectivity index (χ0) is 26.9. The van der Waals surface area contributed by atoms with Crippen LogP contribution in [0, 0.1) is 29.0 Å². The Balaban J connectivity index is 1.80. The maximum absolute atomic E-state index is 14.8. The normalized spacial score (nSPS) is 17.9. The van der Waals surface area contributed by atoms with Crippen LogP contribution in [0.4, 0.5) is 17.6 Å². The van der Waals surface area contributed by atoms with Crippen LogP contribution in [0.3, 0.4) is 0 Å². The van der Waals surface area contributed by atoms with Gasteiger partial charge in [-0.25, -0.2) is 9.18 Å². The van der Waals surface area contributed by atoms with Crippen LogP contribution in [-0.2, 0) is 28.8 Å². The van der Waals surface area contributed by atoms with E-state index in [-0.39, 0.29) is 40.8 Å². The molecular formula is C26H23F4N3O4. The van der Waals surface area contributed by atoms with Gasteiger partial charge in [0.05, 0.1) is 41.6 Å². The van der Waals surface area contributed by atoms with E-state index in [1.165, 1.54) is 25.3 Å². The molecule has 0 radical (unpaired) electrons. The minimum absolute atomic E-state index is 0.0382. The molecule has 194 valence electrons. The Morgan fingerprint density at radius 1 is 1.08 bits per heavy atom. The SMILES string of the molecule is COC(=O)C1CCC(Cn2c(=O)c3c(F)cccc3n(Cc3cccc(C(F)(F)F)c3C#N)c2=O)CC1. The summed E-state index contributed by atoms with van der Waals surface area (Å²) >= 11 is 0. The molecule has 0 atom stereocenters. The summed E-state index contributed by atoms with van der Waals surface area (Å²) in [7, 11) is 1.31. The standard InChI is InChI=1S/C26H23F4N3O4/c1-37-24(35)16-10-8-15(9-11-16)13-33-23(34)22-20(27)6-3-7-21(22)32(25(33)36)14-17-4-2-5-19(18(17)12-31)26(28,29)30/h2-7,15-16H,8-11,13-14H2,1H3. The number of fused-ring (bicyclic) bond motifs is 1. The topological polar surface area (TPSA) is 94.1 Å². The van der Waals surface area contributed by atoms with Crippen LogP contribution in [0.1, 0.15) is 42.4 Å². The van der Waals surface area contributed by atoms with Crippen molar-refractivity contribution >= 4 is 16.9 Å². The summed E-state index contributed by atoms with van der Waals surface area (Å²) in [5.74, 6) is -1.61. The first-order valence-electron chi connectivity index (χ1n) is 11.7. The lowest BCUT2D eigenvalue weighted by Crippen LogP contribution is -2.42. The third-order valence-corrected chi connectivity index (χ3v) is 6.92. The molecule has 0 aliphatic heterocycles. The Hall–Kier alpha value is -3.94. The lowest BCUT2D eigenvalue weighted by molar-refractivity contribution is -0.146. The van der Waals surface area contributed by atoms with Crippen LogP contribution >= 0.6 is 0 Å². The Labute approximate surface area is 208 Å². The highest BCUT2D eigenvalue weighted by Crippen LogP contribution is 2.33. The van der Waals surface area contributed by atoms with Crippen LogP contribution in [0.5, 0.6) is 0 Å². The van der Waals surface area contributed by atoms with Crippen LogP contribution < -0.4 is 11.2 Å². The van der Waals surface area contributed by atoms with Gasteiger partial charge >= 0.3 is 17.8 Å². The third kappa shape index (κ3) is 5.01. The van der Waals surface area contributed by atoms with E-state index < -0.39 is 40.9 Å². The van der Waals surface area contributed by atoms with Crippen molar-refractivity contribution in [2.75, 3.05) is 7.11 Å². The van der Waals surface area contributed by atoms with Gasteiger partial charge in [-0.15, -0.1) is 0 Å². The number of hydrogen-bond acceptors (Lipinski definition) is 5. The average Bonchev–Trinajstić information content (AvgIpc) is 2.88. The molecule has 4 rings (SSSR count). The molecule has 1 aliphatic rings. The molecule has 7 nitrogen and oxygen atoms in total. The van der Waals surface area contributed by atoms with E-state index in [1.807, 2.05) is 0 Å². The second-order valence-corrected chi connectivity index (χ2v) is 9.11. The number of nitrogens with zero attached hydrogens (tertiary/aromatic N) is 3. The molecule has 0 saturated heterocycles. The first-order valence-corrected chi connectivity index (χ1v) is 11.7. The summed E-state index contributed by atoms with van der Waals surface area (Å²) in [6, 6.07) is 8.45. The third-order valence-electron chi connectivity index (χ3n) is 6.92. The fourth-order valence-electron chi connectivity index (χ4n) is 5.01. The van der Waals surface area contributed by atoms with Gasteiger partial charge in [0, 0.05) is 6.54 Å². The molecule has 1 aliphatic carbocycles. The van der Waals surface area contributed by atoms with Gasteiger partial charge in [0.2, 0.25) is 0 Å². The van der Waals surface area contributed by atoms with Crippen LogP contribution in [-0.4, -0.2) is 22.2 Å². The fourth-order valence-corrected chi connectivity index (χ4v) is 5.01. The molecule has 0 N–H and O–H groups in total. The van der Waals surface area contributed by atoms with Crippen molar-refractivity contribution < 1.29 is 27.1 Å². The maximum Gasteiger partial charge on any atom is 0.417 e. The minimum Gasteiger partial charge on any atom is -0.469 e. The van der Waals surface area contributed by atoms with E-state index >= 15 is 0 Å². The number of ether oxygens (including phenoxy) is 1. The largest absolute Gasteiger partial charge is 0.469 e. The number of halogens is 4. The van der Waals surface area contributed by atoms with Crippen molar-refractivity contribution in [3.63, 3.8) is 0 Å². The smallest absolute Gasteiger partial charge is 0.417 e. The lowest BCUT2D eigenvalue weighted by Gasteiger charge is -2.27. The fraction of sp³-hybridized carbons (Fsp3) is 0.385.